The molecule has 1 aliphatic rings. The minimum absolute atomic E-state index is 0.177. The first-order valence-electron chi connectivity index (χ1n) is 7.32. The van der Waals surface area contributed by atoms with Crippen LogP contribution in [0.5, 0.6) is 0 Å². The first-order chi connectivity index (χ1) is 10.8. The monoisotopic (exact) mass is 327 g/mol. The van der Waals surface area contributed by atoms with Crippen LogP contribution in [0.25, 0.3) is 11.0 Å². The number of hydrogen-bond acceptors (Lipinski definition) is 3. The molecule has 2 aromatic rings. The maximum atomic E-state index is 12.5. The Morgan fingerprint density at radius 3 is 2.70 bits per heavy atom. The fraction of sp³-hybridized carbons (Fsp3) is 0.467. The van der Waals surface area contributed by atoms with E-state index in [1.807, 2.05) is 6.92 Å². The van der Waals surface area contributed by atoms with Gasteiger partial charge < -0.3 is 9.88 Å². The molecule has 0 spiro atoms. The molecular weight excluding hydrogens is 311 g/mol. The summed E-state index contributed by atoms with van der Waals surface area (Å²) in [6, 6.07) is 5.16. The number of carbonyl (C=O) groups is 1. The second-order valence-electron chi connectivity index (χ2n) is 5.61. The summed E-state index contributed by atoms with van der Waals surface area (Å²) in [6.45, 7) is 2.33. The van der Waals surface area contributed by atoms with Crippen LogP contribution in [0.4, 0.5) is 13.2 Å². The number of fused-ring (bicyclic) bond motifs is 1. The first-order valence-corrected chi connectivity index (χ1v) is 7.32. The van der Waals surface area contributed by atoms with E-state index in [9.17, 15) is 18.0 Å². The molecule has 0 saturated carbocycles. The number of carbonyl (C=O) groups excluding carboxylic acids is 1. The van der Waals surface area contributed by atoms with Crippen LogP contribution < -0.4 is 0 Å². The summed E-state index contributed by atoms with van der Waals surface area (Å²) in [5.41, 5.74) is 2.04. The van der Waals surface area contributed by atoms with E-state index in [2.05, 4.69) is 14.7 Å². The molecule has 0 aliphatic carbocycles. The summed E-state index contributed by atoms with van der Waals surface area (Å²) in [5, 5.41) is 0. The van der Waals surface area contributed by atoms with Crippen LogP contribution >= 0.6 is 0 Å². The Balaban J connectivity index is 1.66. The molecular formula is C15H16F3N3O2. The van der Waals surface area contributed by atoms with Crippen LogP contribution in [-0.4, -0.2) is 46.3 Å². The van der Waals surface area contributed by atoms with Crippen LogP contribution in [0.15, 0.2) is 18.2 Å². The van der Waals surface area contributed by atoms with E-state index in [0.717, 1.165) is 16.9 Å². The highest BCUT2D eigenvalue weighted by Gasteiger charge is 2.35. The van der Waals surface area contributed by atoms with Crippen molar-refractivity contribution in [3.05, 3.63) is 29.6 Å². The predicted octanol–water partition coefficient (Wildman–Crippen LogP) is 3.01. The van der Waals surface area contributed by atoms with E-state index in [4.69, 9.17) is 0 Å². The molecule has 0 atom stereocenters. The molecule has 8 heteroatoms. The van der Waals surface area contributed by atoms with Crippen molar-refractivity contribution in [1.29, 1.82) is 0 Å². The number of piperidine rings is 1. The summed E-state index contributed by atoms with van der Waals surface area (Å²) in [6.07, 6.45) is -5.15. The van der Waals surface area contributed by atoms with Crippen LogP contribution in [0, 0.1) is 6.92 Å². The van der Waals surface area contributed by atoms with Gasteiger partial charge in [-0.15, -0.1) is 13.2 Å². The van der Waals surface area contributed by atoms with Gasteiger partial charge in [-0.1, -0.05) is 0 Å². The molecule has 0 bridgehead atoms. The lowest BCUT2D eigenvalue weighted by atomic mass is 10.1. The summed E-state index contributed by atoms with van der Waals surface area (Å²) < 4.78 is 40.6. The number of rotatable bonds is 2. The standard InChI is InChI=1S/C15H16F3N3O2/c1-9-19-12-3-2-10(8-13(12)20-9)14(22)21-6-4-11(5-7-21)23-15(16,17)18/h2-3,8,11H,4-7H2,1H3,(H,19,20). The summed E-state index contributed by atoms with van der Waals surface area (Å²) in [5.74, 6) is 0.569. The van der Waals surface area contributed by atoms with Crippen LogP contribution in [0.2, 0.25) is 0 Å². The number of nitrogens with one attached hydrogen (secondary N) is 1. The summed E-state index contributed by atoms with van der Waals surface area (Å²) in [7, 11) is 0. The number of likely N-dealkylation sites (tertiary alicyclic amines) is 1. The third-order valence-corrected chi connectivity index (χ3v) is 3.88. The van der Waals surface area contributed by atoms with Gasteiger partial charge >= 0.3 is 6.36 Å². The maximum Gasteiger partial charge on any atom is 0.522 e. The van der Waals surface area contributed by atoms with E-state index in [1.165, 1.54) is 0 Å². The molecule has 1 amide bonds. The van der Waals surface area contributed by atoms with Gasteiger partial charge in [0.1, 0.15) is 5.82 Å². The lowest BCUT2D eigenvalue weighted by Gasteiger charge is -2.32. The fourth-order valence-electron chi connectivity index (χ4n) is 2.82. The highest BCUT2D eigenvalue weighted by Crippen LogP contribution is 2.25. The van der Waals surface area contributed by atoms with Crippen molar-refractivity contribution >= 4 is 16.9 Å². The molecule has 1 saturated heterocycles. The third kappa shape index (κ3) is 3.64. The molecule has 0 unspecified atom stereocenters. The number of alkyl halides is 3. The van der Waals surface area contributed by atoms with Crippen LogP contribution in [-0.2, 0) is 4.74 Å². The highest BCUT2D eigenvalue weighted by molar-refractivity contribution is 5.97. The van der Waals surface area contributed by atoms with Gasteiger partial charge in [0.2, 0.25) is 0 Å². The number of amides is 1. The predicted molar refractivity (Wildman–Crippen MR) is 76.9 cm³/mol. The van der Waals surface area contributed by atoms with Crippen molar-refractivity contribution in [2.24, 2.45) is 0 Å². The topological polar surface area (TPSA) is 58.2 Å². The number of aryl methyl sites for hydroxylation is 1. The van der Waals surface area contributed by atoms with Gasteiger partial charge in [-0.05, 0) is 38.0 Å². The van der Waals surface area contributed by atoms with E-state index in [1.54, 1.807) is 23.1 Å². The number of imidazole rings is 1. The third-order valence-electron chi connectivity index (χ3n) is 3.88. The van der Waals surface area contributed by atoms with E-state index in [-0.39, 0.29) is 31.8 Å². The molecule has 5 nitrogen and oxygen atoms in total. The second kappa shape index (κ2) is 5.84. The Labute approximate surface area is 130 Å². The van der Waals surface area contributed by atoms with Crippen molar-refractivity contribution < 1.29 is 22.7 Å². The Hall–Kier alpha value is -2.09. The second-order valence-corrected chi connectivity index (χ2v) is 5.61. The minimum Gasteiger partial charge on any atom is -0.342 e. The summed E-state index contributed by atoms with van der Waals surface area (Å²) in [4.78, 5) is 21.4. The number of H-pyrrole nitrogens is 1. The van der Waals surface area contributed by atoms with Crippen molar-refractivity contribution in [2.75, 3.05) is 13.1 Å². The molecule has 1 aromatic carbocycles. The number of aromatic amines is 1. The normalized spacial score (nSPS) is 17.0. The Kier molecular flexibility index (Phi) is 4.01. The van der Waals surface area contributed by atoms with Gasteiger partial charge in [-0.3, -0.25) is 9.53 Å². The quantitative estimate of drug-likeness (QED) is 0.922. The largest absolute Gasteiger partial charge is 0.522 e. The molecule has 3 rings (SSSR count). The van der Waals surface area contributed by atoms with Crippen molar-refractivity contribution in [1.82, 2.24) is 14.9 Å². The van der Waals surface area contributed by atoms with E-state index >= 15 is 0 Å². The lowest BCUT2D eigenvalue weighted by Crippen LogP contribution is -2.42. The van der Waals surface area contributed by atoms with Crippen LogP contribution in [0.3, 0.4) is 0 Å². The zero-order valence-electron chi connectivity index (χ0n) is 12.5. The zero-order valence-corrected chi connectivity index (χ0v) is 12.5. The molecule has 2 heterocycles. The molecule has 23 heavy (non-hydrogen) atoms. The van der Waals surface area contributed by atoms with Crippen molar-refractivity contribution in [3.63, 3.8) is 0 Å². The fourth-order valence-corrected chi connectivity index (χ4v) is 2.82. The lowest BCUT2D eigenvalue weighted by molar-refractivity contribution is -0.345. The Morgan fingerprint density at radius 1 is 1.35 bits per heavy atom. The highest BCUT2D eigenvalue weighted by atomic mass is 19.4. The molecule has 1 fully saturated rings. The number of aromatic nitrogens is 2. The molecule has 1 aromatic heterocycles. The van der Waals surface area contributed by atoms with Gasteiger partial charge in [-0.2, -0.15) is 0 Å². The molecule has 1 N–H and O–H groups in total. The first kappa shape index (κ1) is 15.8. The average Bonchev–Trinajstić information content (AvgIpc) is 2.84. The smallest absolute Gasteiger partial charge is 0.342 e. The number of benzene rings is 1. The maximum absolute atomic E-state index is 12.5. The zero-order chi connectivity index (χ0) is 16.6. The number of hydrogen-bond donors (Lipinski definition) is 1. The number of halogens is 3. The summed E-state index contributed by atoms with van der Waals surface area (Å²) >= 11 is 0. The minimum atomic E-state index is -4.62. The van der Waals surface area contributed by atoms with Crippen molar-refractivity contribution in [3.8, 4) is 0 Å². The molecule has 124 valence electrons. The van der Waals surface area contributed by atoms with Gasteiger partial charge in [0.25, 0.3) is 5.91 Å². The van der Waals surface area contributed by atoms with Gasteiger partial charge in [0.05, 0.1) is 17.1 Å². The van der Waals surface area contributed by atoms with Gasteiger partial charge in [0.15, 0.2) is 0 Å². The average molecular weight is 327 g/mol. The number of nitrogens with zero attached hydrogens (tertiary/aromatic N) is 2. The van der Waals surface area contributed by atoms with Crippen molar-refractivity contribution in [2.45, 2.75) is 32.2 Å². The Morgan fingerprint density at radius 2 is 2.04 bits per heavy atom. The van der Waals surface area contributed by atoms with Gasteiger partial charge in [-0.25, -0.2) is 4.98 Å². The molecule has 1 aliphatic heterocycles. The van der Waals surface area contributed by atoms with Crippen LogP contribution in [0.1, 0.15) is 29.0 Å². The Bertz CT molecular complexity index is 718. The van der Waals surface area contributed by atoms with E-state index in [0.29, 0.717) is 5.56 Å². The SMILES string of the molecule is Cc1nc2ccc(C(=O)N3CCC(OC(F)(F)F)CC3)cc2[nH]1. The molecule has 0 radical (unpaired) electrons. The van der Waals surface area contributed by atoms with Gasteiger partial charge in [0, 0.05) is 18.7 Å². The van der Waals surface area contributed by atoms with E-state index < -0.39 is 12.5 Å². The number of ether oxygens (including phenoxy) is 1.